The van der Waals surface area contributed by atoms with Crippen LogP contribution in [0.4, 0.5) is 0 Å². The van der Waals surface area contributed by atoms with Crippen LogP contribution >= 0.6 is 11.8 Å². The van der Waals surface area contributed by atoms with Crippen LogP contribution in [0.15, 0.2) is 59.0 Å². The van der Waals surface area contributed by atoms with E-state index in [0.29, 0.717) is 12.3 Å². The number of hydrogen-bond donors (Lipinski definition) is 2. The smallest absolute Gasteiger partial charge is 0.330 e. The largest absolute Gasteiger partial charge is 0.481 e. The molecule has 143 valence electrons. The first kappa shape index (κ1) is 21.0. The molecule has 2 aromatic rings. The summed E-state index contributed by atoms with van der Waals surface area (Å²) in [4.78, 5) is 24.5. The van der Waals surface area contributed by atoms with Gasteiger partial charge in [0.2, 0.25) is 0 Å². The monoisotopic (exact) mass is 409 g/mol. The summed E-state index contributed by atoms with van der Waals surface area (Å²) < 4.78 is 0. The summed E-state index contributed by atoms with van der Waals surface area (Å²) in [5.41, 5.74) is -0.345. The van der Waals surface area contributed by atoms with Crippen molar-refractivity contribution < 1.29 is 19.8 Å². The van der Waals surface area contributed by atoms with Crippen molar-refractivity contribution in [1.82, 2.24) is 0 Å². The van der Waals surface area contributed by atoms with Crippen molar-refractivity contribution in [2.24, 2.45) is 17.3 Å². The van der Waals surface area contributed by atoms with Crippen molar-refractivity contribution in [1.29, 1.82) is 0 Å². The molecule has 6 heteroatoms. The molecule has 4 atom stereocenters. The number of carbonyl (C=O) groups is 2. The second-order valence-corrected chi connectivity index (χ2v) is 9.07. The molecule has 2 fully saturated rings. The number of hydrogen-bond acceptors (Lipinski definition) is 3. The molecule has 0 saturated heterocycles. The Hall–Kier alpha value is -1.74. The van der Waals surface area contributed by atoms with E-state index in [0.717, 1.165) is 23.1 Å². The van der Waals surface area contributed by atoms with Crippen LogP contribution in [0.5, 0.6) is 0 Å². The van der Waals surface area contributed by atoms with E-state index in [2.05, 4.69) is 30.3 Å². The van der Waals surface area contributed by atoms with Gasteiger partial charge in [-0.1, -0.05) is 36.4 Å². The van der Waals surface area contributed by atoms with Crippen LogP contribution in [0.25, 0.3) is 10.8 Å². The molecule has 4 unspecified atom stereocenters. The van der Waals surface area contributed by atoms with Gasteiger partial charge >= 0.3 is 11.9 Å². The summed E-state index contributed by atoms with van der Waals surface area (Å²) in [5, 5.41) is 21.6. The number of aliphatic carboxylic acids is 2. The minimum atomic E-state index is -0.974. The van der Waals surface area contributed by atoms with E-state index in [1.807, 2.05) is 12.1 Å². The molecule has 4 nitrogen and oxygen atoms in total. The van der Waals surface area contributed by atoms with E-state index in [4.69, 9.17) is 0 Å². The number of rotatable bonds is 5. The molecule has 2 aliphatic rings. The number of carboxylic acids is 2. The Morgan fingerprint density at radius 3 is 2.50 bits per heavy atom. The van der Waals surface area contributed by atoms with Crippen molar-refractivity contribution in [3.8, 4) is 0 Å². The van der Waals surface area contributed by atoms with E-state index in [-0.39, 0.29) is 28.2 Å². The van der Waals surface area contributed by atoms with Crippen molar-refractivity contribution >= 4 is 51.8 Å². The Bertz CT molecular complexity index is 956. The number of carboxylic acid groups (broad SMARTS) is 2. The quantitative estimate of drug-likeness (QED) is 0.564. The first-order valence-electron chi connectivity index (χ1n) is 9.20. The second-order valence-electron chi connectivity index (χ2n) is 7.79. The molecule has 28 heavy (non-hydrogen) atoms. The van der Waals surface area contributed by atoms with Crippen molar-refractivity contribution in [3.63, 3.8) is 0 Å². The van der Waals surface area contributed by atoms with Crippen LogP contribution in [-0.2, 0) is 9.59 Å². The Labute approximate surface area is 179 Å². The SMILES string of the molecule is CC(=CC12CC(CC1Sc1ccc3ccccc3c1)CC2C(=O)O)C(=O)O.[Al]. The molecule has 3 radical (unpaired) electrons. The molecule has 2 N–H and O–H groups in total. The van der Waals surface area contributed by atoms with Gasteiger partial charge in [-0.25, -0.2) is 4.79 Å². The topological polar surface area (TPSA) is 74.6 Å². The lowest BCUT2D eigenvalue weighted by Crippen LogP contribution is -2.39. The minimum Gasteiger partial charge on any atom is -0.481 e. The first-order chi connectivity index (χ1) is 12.9. The number of fused-ring (bicyclic) bond motifs is 3. The maximum Gasteiger partial charge on any atom is 0.330 e. The third-order valence-electron chi connectivity index (χ3n) is 6.13. The van der Waals surface area contributed by atoms with E-state index in [9.17, 15) is 19.8 Å². The molecule has 2 aromatic carbocycles. The lowest BCUT2D eigenvalue weighted by molar-refractivity contribution is -0.145. The fourth-order valence-corrected chi connectivity index (χ4v) is 6.53. The van der Waals surface area contributed by atoms with Crippen molar-refractivity contribution in [2.45, 2.75) is 36.3 Å². The highest BCUT2D eigenvalue weighted by molar-refractivity contribution is 8.00. The molecular formula is C22H22AlO4S. The van der Waals surface area contributed by atoms with E-state index < -0.39 is 23.3 Å². The second kappa shape index (κ2) is 7.95. The maximum atomic E-state index is 11.9. The molecule has 4 rings (SSSR count). The minimum absolute atomic E-state index is 0. The van der Waals surface area contributed by atoms with Gasteiger partial charge in [-0.2, -0.15) is 0 Å². The van der Waals surface area contributed by atoms with Gasteiger partial charge in [0.05, 0.1) is 5.92 Å². The van der Waals surface area contributed by atoms with Crippen LogP contribution in [-0.4, -0.2) is 44.8 Å². The summed E-state index contributed by atoms with van der Waals surface area (Å²) in [7, 11) is 0. The van der Waals surface area contributed by atoms with Gasteiger partial charge in [-0.05, 0) is 55.0 Å². The van der Waals surface area contributed by atoms with Gasteiger partial charge in [-0.15, -0.1) is 11.8 Å². The highest BCUT2D eigenvalue weighted by Crippen LogP contribution is 2.63. The van der Waals surface area contributed by atoms with Crippen LogP contribution in [0.2, 0.25) is 0 Å². The van der Waals surface area contributed by atoms with Crippen LogP contribution < -0.4 is 0 Å². The summed E-state index contributed by atoms with van der Waals surface area (Å²) in [5.74, 6) is -1.94. The van der Waals surface area contributed by atoms with Crippen LogP contribution in [0.1, 0.15) is 26.2 Å². The molecule has 0 aliphatic heterocycles. The number of thioether (sulfide) groups is 1. The predicted octanol–water partition coefficient (Wildman–Crippen LogP) is 4.45. The Morgan fingerprint density at radius 1 is 1.11 bits per heavy atom. The molecule has 2 bridgehead atoms. The van der Waals surface area contributed by atoms with Gasteiger partial charge in [0, 0.05) is 38.5 Å². The lowest BCUT2D eigenvalue weighted by Gasteiger charge is -2.37. The first-order valence-corrected chi connectivity index (χ1v) is 10.1. The maximum absolute atomic E-state index is 11.9. The third kappa shape index (κ3) is 3.62. The number of allylic oxidation sites excluding steroid dienone is 1. The van der Waals surface area contributed by atoms with E-state index in [1.165, 1.54) is 5.39 Å². The van der Waals surface area contributed by atoms with Gasteiger partial charge in [0.15, 0.2) is 0 Å². The van der Waals surface area contributed by atoms with Gasteiger partial charge in [-0.3, -0.25) is 4.79 Å². The molecular weight excluding hydrogens is 387 g/mol. The molecule has 2 aliphatic carbocycles. The van der Waals surface area contributed by atoms with E-state index in [1.54, 1.807) is 24.8 Å². The average Bonchev–Trinajstić information content (AvgIpc) is 3.16. The molecule has 0 heterocycles. The van der Waals surface area contributed by atoms with Crippen molar-refractivity contribution in [3.05, 3.63) is 54.1 Å². The van der Waals surface area contributed by atoms with Crippen LogP contribution in [0, 0.1) is 17.3 Å². The van der Waals surface area contributed by atoms with Gasteiger partial charge < -0.3 is 10.2 Å². The molecule has 0 amide bonds. The highest BCUT2D eigenvalue weighted by atomic mass is 32.2. The van der Waals surface area contributed by atoms with E-state index >= 15 is 0 Å². The Kier molecular flexibility index (Phi) is 5.95. The molecule has 0 spiro atoms. The van der Waals surface area contributed by atoms with Crippen LogP contribution in [0.3, 0.4) is 0 Å². The zero-order chi connectivity index (χ0) is 19.2. The van der Waals surface area contributed by atoms with Gasteiger partial charge in [0.25, 0.3) is 0 Å². The zero-order valence-corrected chi connectivity index (χ0v) is 17.6. The van der Waals surface area contributed by atoms with Gasteiger partial charge in [0.1, 0.15) is 0 Å². The standard InChI is InChI=1S/C22H22O4S.Al/c1-13(20(23)24)11-22-12-14(8-18(22)21(25)26)9-19(22)27-17-7-6-15-4-2-3-5-16(15)10-17;/h2-7,10-11,14,18-19H,8-9,12H2,1H3,(H,23,24)(H,25,26);. The summed E-state index contributed by atoms with van der Waals surface area (Å²) in [6, 6.07) is 14.5. The normalized spacial score (nSPS) is 28.9. The summed E-state index contributed by atoms with van der Waals surface area (Å²) in [6.45, 7) is 1.57. The Morgan fingerprint density at radius 2 is 1.82 bits per heavy atom. The summed E-state index contributed by atoms with van der Waals surface area (Å²) >= 11 is 1.70. The third-order valence-corrected chi connectivity index (χ3v) is 7.57. The molecule has 0 aromatic heterocycles. The zero-order valence-electron chi connectivity index (χ0n) is 15.7. The lowest BCUT2D eigenvalue weighted by atomic mass is 9.73. The number of benzene rings is 2. The molecule has 2 saturated carbocycles. The predicted molar refractivity (Wildman–Crippen MR) is 112 cm³/mol. The fraction of sp³-hybridized carbons (Fsp3) is 0.364. The average molecular weight is 409 g/mol. The fourth-order valence-electron chi connectivity index (χ4n) is 4.95. The van der Waals surface area contributed by atoms with Crippen molar-refractivity contribution in [2.75, 3.05) is 0 Å². The highest BCUT2D eigenvalue weighted by Gasteiger charge is 2.59. The summed E-state index contributed by atoms with van der Waals surface area (Å²) in [6.07, 6.45) is 4.10. The Balaban J connectivity index is 0.00000225.